The van der Waals surface area contributed by atoms with Gasteiger partial charge in [-0.1, -0.05) is 45.4 Å². The van der Waals surface area contributed by atoms with Crippen LogP contribution in [0.2, 0.25) is 0 Å². The lowest BCUT2D eigenvalue weighted by atomic mass is 10.1. The van der Waals surface area contributed by atoms with Gasteiger partial charge in [-0.25, -0.2) is 0 Å². The number of amidine groups is 1. The molecule has 1 heterocycles. The molecule has 0 saturated carbocycles. The van der Waals surface area contributed by atoms with Gasteiger partial charge < -0.3 is 5.32 Å². The molecule has 0 aromatic heterocycles. The maximum absolute atomic E-state index is 4.47. The SMILES string of the molecule is CCCCCCCCCC1=NCC(C)N1. The molecule has 2 heteroatoms. The zero-order valence-corrected chi connectivity index (χ0v) is 10.4. The average molecular weight is 210 g/mol. The van der Waals surface area contributed by atoms with Gasteiger partial charge in [-0.15, -0.1) is 0 Å². The van der Waals surface area contributed by atoms with Crippen molar-refractivity contribution in [3.63, 3.8) is 0 Å². The van der Waals surface area contributed by atoms with Gasteiger partial charge >= 0.3 is 0 Å². The summed E-state index contributed by atoms with van der Waals surface area (Å²) in [5.41, 5.74) is 0. The van der Waals surface area contributed by atoms with Crippen molar-refractivity contribution in [3.05, 3.63) is 0 Å². The lowest BCUT2D eigenvalue weighted by Crippen LogP contribution is -2.26. The molecule has 0 spiro atoms. The van der Waals surface area contributed by atoms with E-state index >= 15 is 0 Å². The smallest absolute Gasteiger partial charge is 0.0966 e. The van der Waals surface area contributed by atoms with Crippen molar-refractivity contribution < 1.29 is 0 Å². The lowest BCUT2D eigenvalue weighted by Gasteiger charge is -2.05. The molecule has 0 aromatic carbocycles. The molecule has 0 fully saturated rings. The minimum absolute atomic E-state index is 0.574. The minimum Gasteiger partial charge on any atom is -0.370 e. The van der Waals surface area contributed by atoms with Gasteiger partial charge in [-0.2, -0.15) is 0 Å². The third kappa shape index (κ3) is 5.81. The molecule has 0 amide bonds. The molecular weight excluding hydrogens is 184 g/mol. The van der Waals surface area contributed by atoms with Crippen LogP contribution in [-0.4, -0.2) is 18.4 Å². The Morgan fingerprint density at radius 2 is 1.80 bits per heavy atom. The Bertz CT molecular complexity index is 187. The summed E-state index contributed by atoms with van der Waals surface area (Å²) in [6.45, 7) is 5.44. The normalized spacial score (nSPS) is 20.1. The van der Waals surface area contributed by atoms with E-state index in [1.165, 1.54) is 50.8 Å². The van der Waals surface area contributed by atoms with Crippen molar-refractivity contribution >= 4 is 5.84 Å². The largest absolute Gasteiger partial charge is 0.370 e. The summed E-state index contributed by atoms with van der Waals surface area (Å²) in [6.07, 6.45) is 10.9. The number of unbranched alkanes of at least 4 members (excludes halogenated alkanes) is 6. The molecule has 0 saturated heterocycles. The summed E-state index contributed by atoms with van der Waals surface area (Å²) in [4.78, 5) is 4.47. The van der Waals surface area contributed by atoms with Gasteiger partial charge in [0, 0.05) is 12.5 Å². The van der Waals surface area contributed by atoms with Crippen molar-refractivity contribution in [2.75, 3.05) is 6.54 Å². The molecule has 0 aromatic rings. The van der Waals surface area contributed by atoms with Crippen LogP contribution in [0.1, 0.15) is 65.2 Å². The molecule has 0 bridgehead atoms. The van der Waals surface area contributed by atoms with Crippen LogP contribution in [-0.2, 0) is 0 Å². The highest BCUT2D eigenvalue weighted by molar-refractivity contribution is 5.83. The van der Waals surface area contributed by atoms with Crippen molar-refractivity contribution in [1.82, 2.24) is 5.32 Å². The number of aliphatic imine (C=N–C) groups is 1. The zero-order chi connectivity index (χ0) is 10.9. The van der Waals surface area contributed by atoms with Gasteiger partial charge in [0.25, 0.3) is 0 Å². The molecule has 2 nitrogen and oxygen atoms in total. The molecule has 1 unspecified atom stereocenters. The topological polar surface area (TPSA) is 24.4 Å². The third-order valence-electron chi connectivity index (χ3n) is 2.99. The zero-order valence-electron chi connectivity index (χ0n) is 10.4. The van der Waals surface area contributed by atoms with Gasteiger partial charge in [0.1, 0.15) is 0 Å². The molecule has 0 aliphatic carbocycles. The number of hydrogen-bond donors (Lipinski definition) is 1. The monoisotopic (exact) mass is 210 g/mol. The first-order valence-electron chi connectivity index (χ1n) is 6.62. The molecule has 0 radical (unpaired) electrons. The predicted octanol–water partition coefficient (Wildman–Crippen LogP) is 3.52. The molecule has 1 aliphatic rings. The van der Waals surface area contributed by atoms with Gasteiger partial charge in [-0.3, -0.25) is 4.99 Å². The highest BCUT2D eigenvalue weighted by Crippen LogP contribution is 2.09. The molecule has 88 valence electrons. The van der Waals surface area contributed by atoms with Gasteiger partial charge in [0.15, 0.2) is 0 Å². The predicted molar refractivity (Wildman–Crippen MR) is 67.5 cm³/mol. The Hall–Kier alpha value is -0.530. The number of nitrogens with one attached hydrogen (secondary N) is 1. The van der Waals surface area contributed by atoms with E-state index in [1.807, 2.05) is 0 Å². The van der Waals surface area contributed by atoms with Crippen LogP contribution < -0.4 is 5.32 Å². The first kappa shape index (κ1) is 12.5. The minimum atomic E-state index is 0.574. The maximum atomic E-state index is 4.47. The van der Waals surface area contributed by atoms with E-state index < -0.39 is 0 Å². The Balaban J connectivity index is 1.85. The fourth-order valence-electron chi connectivity index (χ4n) is 2.02. The Morgan fingerprint density at radius 1 is 1.13 bits per heavy atom. The van der Waals surface area contributed by atoms with Crippen LogP contribution in [0.5, 0.6) is 0 Å². The van der Waals surface area contributed by atoms with Gasteiger partial charge in [0.2, 0.25) is 0 Å². The second-order valence-corrected chi connectivity index (χ2v) is 4.70. The van der Waals surface area contributed by atoms with E-state index in [0.717, 1.165) is 13.0 Å². The van der Waals surface area contributed by atoms with Gasteiger partial charge in [0.05, 0.1) is 12.4 Å². The van der Waals surface area contributed by atoms with E-state index in [9.17, 15) is 0 Å². The molecule has 1 aliphatic heterocycles. The van der Waals surface area contributed by atoms with E-state index in [-0.39, 0.29) is 0 Å². The third-order valence-corrected chi connectivity index (χ3v) is 2.99. The summed E-state index contributed by atoms with van der Waals surface area (Å²) in [5, 5.41) is 3.42. The van der Waals surface area contributed by atoms with Crippen LogP contribution >= 0.6 is 0 Å². The average Bonchev–Trinajstić information content (AvgIpc) is 2.63. The fraction of sp³-hybridized carbons (Fsp3) is 0.923. The van der Waals surface area contributed by atoms with E-state index in [4.69, 9.17) is 0 Å². The maximum Gasteiger partial charge on any atom is 0.0966 e. The Labute approximate surface area is 94.6 Å². The second-order valence-electron chi connectivity index (χ2n) is 4.70. The van der Waals surface area contributed by atoms with Crippen LogP contribution in [0.4, 0.5) is 0 Å². The summed E-state index contributed by atoms with van der Waals surface area (Å²) in [7, 11) is 0. The molecule has 1 rings (SSSR count). The van der Waals surface area contributed by atoms with Crippen LogP contribution in [0.25, 0.3) is 0 Å². The second kappa shape index (κ2) is 7.72. The number of rotatable bonds is 8. The van der Waals surface area contributed by atoms with Crippen LogP contribution in [0.3, 0.4) is 0 Å². The molecular formula is C13H26N2. The van der Waals surface area contributed by atoms with E-state index in [0.29, 0.717) is 6.04 Å². The first-order valence-corrected chi connectivity index (χ1v) is 6.62. The number of nitrogens with zero attached hydrogens (tertiary/aromatic N) is 1. The summed E-state index contributed by atoms with van der Waals surface area (Å²) in [5.74, 6) is 1.25. The quantitative estimate of drug-likeness (QED) is 0.609. The Morgan fingerprint density at radius 3 is 2.40 bits per heavy atom. The summed E-state index contributed by atoms with van der Waals surface area (Å²) < 4.78 is 0. The first-order chi connectivity index (χ1) is 7.33. The lowest BCUT2D eigenvalue weighted by molar-refractivity contribution is 0.593. The summed E-state index contributed by atoms with van der Waals surface area (Å²) >= 11 is 0. The van der Waals surface area contributed by atoms with E-state index in [2.05, 4.69) is 24.2 Å². The molecule has 15 heavy (non-hydrogen) atoms. The highest BCUT2D eigenvalue weighted by Gasteiger charge is 2.10. The molecule has 1 atom stereocenters. The fourth-order valence-corrected chi connectivity index (χ4v) is 2.02. The van der Waals surface area contributed by atoms with Crippen molar-refractivity contribution in [2.45, 2.75) is 71.3 Å². The Kier molecular flexibility index (Phi) is 6.45. The summed E-state index contributed by atoms with van der Waals surface area (Å²) in [6, 6.07) is 0.574. The number of hydrogen-bond acceptors (Lipinski definition) is 2. The van der Waals surface area contributed by atoms with Crippen molar-refractivity contribution in [2.24, 2.45) is 4.99 Å². The van der Waals surface area contributed by atoms with Crippen molar-refractivity contribution in [1.29, 1.82) is 0 Å². The van der Waals surface area contributed by atoms with Crippen LogP contribution in [0, 0.1) is 0 Å². The van der Waals surface area contributed by atoms with E-state index in [1.54, 1.807) is 0 Å². The molecule has 1 N–H and O–H groups in total. The highest BCUT2D eigenvalue weighted by atomic mass is 15.1. The van der Waals surface area contributed by atoms with Crippen LogP contribution in [0.15, 0.2) is 4.99 Å². The van der Waals surface area contributed by atoms with Gasteiger partial charge in [-0.05, 0) is 13.3 Å². The van der Waals surface area contributed by atoms with Crippen molar-refractivity contribution in [3.8, 4) is 0 Å². The standard InChI is InChI=1S/C13H26N2/c1-3-4-5-6-7-8-9-10-13-14-11-12(2)15-13/h12H,3-11H2,1-2H3,(H,14,15).